The molecule has 1 aromatic rings. The van der Waals surface area contributed by atoms with E-state index in [2.05, 4.69) is 31.3 Å². The average Bonchev–Trinajstić information content (AvgIpc) is 2.32. The monoisotopic (exact) mass is 248 g/mol. The van der Waals surface area contributed by atoms with E-state index < -0.39 is 0 Å². The number of aryl methyl sites for hydroxylation is 1. The number of benzene rings is 1. The van der Waals surface area contributed by atoms with Crippen molar-refractivity contribution in [3.8, 4) is 0 Å². The maximum absolute atomic E-state index is 5.68. The molecule has 0 spiro atoms. The quantitative estimate of drug-likeness (QED) is 0.691. The van der Waals surface area contributed by atoms with Gasteiger partial charge < -0.3 is 11.1 Å². The van der Waals surface area contributed by atoms with E-state index in [9.17, 15) is 0 Å². The summed E-state index contributed by atoms with van der Waals surface area (Å²) >= 11 is 0. The molecule has 0 heterocycles. The molecular formula is C16H28N2. The fourth-order valence-electron chi connectivity index (χ4n) is 2.58. The first-order valence-electron chi connectivity index (χ1n) is 7.10. The van der Waals surface area contributed by atoms with Gasteiger partial charge in [-0.2, -0.15) is 0 Å². The van der Waals surface area contributed by atoms with Crippen molar-refractivity contribution in [1.82, 2.24) is 5.32 Å². The van der Waals surface area contributed by atoms with E-state index >= 15 is 0 Å². The zero-order valence-electron chi connectivity index (χ0n) is 12.1. The Morgan fingerprint density at radius 1 is 1.11 bits per heavy atom. The van der Waals surface area contributed by atoms with Crippen molar-refractivity contribution in [2.75, 3.05) is 19.3 Å². The number of anilines is 1. The molecule has 0 aliphatic rings. The lowest BCUT2D eigenvalue weighted by Crippen LogP contribution is -2.18. The van der Waals surface area contributed by atoms with Gasteiger partial charge in [-0.05, 0) is 62.4 Å². The van der Waals surface area contributed by atoms with Crippen molar-refractivity contribution in [3.63, 3.8) is 0 Å². The van der Waals surface area contributed by atoms with Crippen molar-refractivity contribution in [2.45, 2.75) is 39.5 Å². The molecule has 0 aromatic heterocycles. The Balaban J connectivity index is 2.18. The molecule has 1 rings (SSSR count). The lowest BCUT2D eigenvalue weighted by atomic mass is 9.92. The summed E-state index contributed by atoms with van der Waals surface area (Å²) in [5.74, 6) is 1.60. The minimum absolute atomic E-state index is 0.779. The molecule has 0 saturated carbocycles. The Labute approximate surface area is 112 Å². The summed E-state index contributed by atoms with van der Waals surface area (Å²) in [5, 5.41) is 3.25. The van der Waals surface area contributed by atoms with Gasteiger partial charge in [-0.3, -0.25) is 0 Å². The standard InChI is InChI=1S/C16H28N2/c1-13(11-14(2)12-18-3)5-4-6-15-7-9-16(17)10-8-15/h7-10,13-14,18H,4-6,11-12,17H2,1-3H3. The zero-order valence-corrected chi connectivity index (χ0v) is 12.1. The molecule has 18 heavy (non-hydrogen) atoms. The minimum Gasteiger partial charge on any atom is -0.399 e. The predicted octanol–water partition coefficient (Wildman–Crippen LogP) is 3.47. The van der Waals surface area contributed by atoms with Crippen molar-refractivity contribution in [2.24, 2.45) is 11.8 Å². The van der Waals surface area contributed by atoms with E-state index in [1.165, 1.54) is 31.2 Å². The molecule has 0 fully saturated rings. The molecule has 3 N–H and O–H groups in total. The average molecular weight is 248 g/mol. The van der Waals surface area contributed by atoms with Crippen LogP contribution in [0.2, 0.25) is 0 Å². The maximum atomic E-state index is 5.68. The van der Waals surface area contributed by atoms with Crippen LogP contribution in [0.3, 0.4) is 0 Å². The van der Waals surface area contributed by atoms with Crippen LogP contribution in [0.1, 0.15) is 38.7 Å². The van der Waals surface area contributed by atoms with Crippen molar-refractivity contribution in [3.05, 3.63) is 29.8 Å². The molecule has 0 radical (unpaired) electrons. The van der Waals surface area contributed by atoms with Crippen LogP contribution in [0.25, 0.3) is 0 Å². The van der Waals surface area contributed by atoms with E-state index in [4.69, 9.17) is 5.73 Å². The zero-order chi connectivity index (χ0) is 13.4. The fraction of sp³-hybridized carbons (Fsp3) is 0.625. The fourth-order valence-corrected chi connectivity index (χ4v) is 2.58. The first-order valence-corrected chi connectivity index (χ1v) is 7.10. The van der Waals surface area contributed by atoms with Crippen LogP contribution >= 0.6 is 0 Å². The van der Waals surface area contributed by atoms with Gasteiger partial charge in [0.25, 0.3) is 0 Å². The molecule has 2 atom stereocenters. The molecule has 1 aromatic carbocycles. The number of rotatable bonds is 8. The molecule has 102 valence electrons. The lowest BCUT2D eigenvalue weighted by Gasteiger charge is -2.16. The van der Waals surface area contributed by atoms with Gasteiger partial charge in [0.2, 0.25) is 0 Å². The van der Waals surface area contributed by atoms with Gasteiger partial charge in [0.15, 0.2) is 0 Å². The third-order valence-electron chi connectivity index (χ3n) is 3.50. The van der Waals surface area contributed by atoms with Crippen molar-refractivity contribution in [1.29, 1.82) is 0 Å². The normalized spacial score (nSPS) is 14.4. The van der Waals surface area contributed by atoms with Gasteiger partial charge in [-0.1, -0.05) is 32.4 Å². The summed E-state index contributed by atoms with van der Waals surface area (Å²) < 4.78 is 0. The highest BCUT2D eigenvalue weighted by Gasteiger charge is 2.08. The minimum atomic E-state index is 0.779. The van der Waals surface area contributed by atoms with Gasteiger partial charge in [0.1, 0.15) is 0 Å². The summed E-state index contributed by atoms with van der Waals surface area (Å²) in [5.41, 5.74) is 7.94. The van der Waals surface area contributed by atoms with Gasteiger partial charge in [0.05, 0.1) is 0 Å². The summed E-state index contributed by atoms with van der Waals surface area (Å²) in [7, 11) is 2.03. The first kappa shape index (κ1) is 15.0. The van der Waals surface area contributed by atoms with Crippen LogP contribution < -0.4 is 11.1 Å². The highest BCUT2D eigenvalue weighted by Crippen LogP contribution is 2.18. The van der Waals surface area contributed by atoms with Crippen LogP contribution in [0, 0.1) is 11.8 Å². The van der Waals surface area contributed by atoms with E-state index in [1.807, 2.05) is 19.2 Å². The Morgan fingerprint density at radius 2 is 1.78 bits per heavy atom. The van der Waals surface area contributed by atoms with Gasteiger partial charge in [0, 0.05) is 5.69 Å². The number of hydrogen-bond donors (Lipinski definition) is 2. The highest BCUT2D eigenvalue weighted by molar-refractivity contribution is 5.39. The van der Waals surface area contributed by atoms with Gasteiger partial charge in [-0.15, -0.1) is 0 Å². The molecular weight excluding hydrogens is 220 g/mol. The summed E-state index contributed by atoms with van der Waals surface area (Å²) in [6, 6.07) is 8.27. The van der Waals surface area contributed by atoms with E-state index in [0.717, 1.165) is 24.1 Å². The highest BCUT2D eigenvalue weighted by atomic mass is 14.8. The number of nitrogens with two attached hydrogens (primary N) is 1. The summed E-state index contributed by atoms with van der Waals surface area (Å²) in [6.45, 7) is 5.82. The molecule has 0 bridgehead atoms. The third-order valence-corrected chi connectivity index (χ3v) is 3.50. The smallest absolute Gasteiger partial charge is 0.0314 e. The second-order valence-electron chi connectivity index (χ2n) is 5.64. The largest absolute Gasteiger partial charge is 0.399 e. The Hall–Kier alpha value is -1.02. The van der Waals surface area contributed by atoms with Crippen LogP contribution in [0.4, 0.5) is 5.69 Å². The maximum Gasteiger partial charge on any atom is 0.0314 e. The third kappa shape index (κ3) is 6.06. The molecule has 0 amide bonds. The lowest BCUT2D eigenvalue weighted by molar-refractivity contribution is 0.379. The van der Waals surface area contributed by atoms with Gasteiger partial charge in [-0.25, -0.2) is 0 Å². The first-order chi connectivity index (χ1) is 8.61. The second kappa shape index (κ2) is 8.15. The molecule has 0 aliphatic heterocycles. The van der Waals surface area contributed by atoms with Crippen LogP contribution in [-0.2, 0) is 6.42 Å². The number of nitrogen functional groups attached to an aromatic ring is 1. The van der Waals surface area contributed by atoms with Crippen LogP contribution in [0.15, 0.2) is 24.3 Å². The summed E-state index contributed by atoms with van der Waals surface area (Å²) in [6.07, 6.45) is 5.09. The van der Waals surface area contributed by atoms with Crippen LogP contribution in [-0.4, -0.2) is 13.6 Å². The summed E-state index contributed by atoms with van der Waals surface area (Å²) in [4.78, 5) is 0. The Kier molecular flexibility index (Phi) is 6.81. The predicted molar refractivity (Wildman–Crippen MR) is 80.7 cm³/mol. The number of nitrogens with one attached hydrogen (secondary N) is 1. The van der Waals surface area contributed by atoms with Gasteiger partial charge >= 0.3 is 0 Å². The van der Waals surface area contributed by atoms with E-state index in [1.54, 1.807) is 0 Å². The topological polar surface area (TPSA) is 38.0 Å². The molecule has 2 unspecified atom stereocenters. The van der Waals surface area contributed by atoms with E-state index in [0.29, 0.717) is 0 Å². The SMILES string of the molecule is CNCC(C)CC(C)CCCc1ccc(N)cc1. The molecule has 0 saturated heterocycles. The Morgan fingerprint density at radius 3 is 2.39 bits per heavy atom. The number of hydrogen-bond acceptors (Lipinski definition) is 2. The van der Waals surface area contributed by atoms with Crippen molar-refractivity contribution >= 4 is 5.69 Å². The van der Waals surface area contributed by atoms with E-state index in [-0.39, 0.29) is 0 Å². The second-order valence-corrected chi connectivity index (χ2v) is 5.64. The molecule has 2 heteroatoms. The van der Waals surface area contributed by atoms with Crippen LogP contribution in [0.5, 0.6) is 0 Å². The van der Waals surface area contributed by atoms with Crippen molar-refractivity contribution < 1.29 is 0 Å². The molecule has 2 nitrogen and oxygen atoms in total. The Bertz CT molecular complexity index is 318. The molecule has 0 aliphatic carbocycles.